The molecule has 0 spiro atoms. The van der Waals surface area contributed by atoms with Crippen molar-refractivity contribution in [3.05, 3.63) is 0 Å². The van der Waals surface area contributed by atoms with Crippen LogP contribution in [0.5, 0.6) is 0 Å². The topological polar surface area (TPSA) is 23.5 Å². The summed E-state index contributed by atoms with van der Waals surface area (Å²) in [5.41, 5.74) is 0. The minimum atomic E-state index is 0.330. The van der Waals surface area contributed by atoms with Crippen molar-refractivity contribution in [3.63, 3.8) is 0 Å². The maximum atomic E-state index is 8.53. The van der Waals surface area contributed by atoms with Crippen LogP contribution in [0.25, 0.3) is 0 Å². The van der Waals surface area contributed by atoms with Crippen LogP contribution in [0, 0.1) is 0 Å². The third-order valence-corrected chi connectivity index (χ3v) is 2.22. The molecule has 0 aromatic carbocycles. The van der Waals surface area contributed by atoms with E-state index in [0.29, 0.717) is 6.61 Å². The molecule has 0 atom stereocenters. The van der Waals surface area contributed by atoms with Gasteiger partial charge in [0.05, 0.1) is 0 Å². The van der Waals surface area contributed by atoms with Crippen molar-refractivity contribution in [3.8, 4) is 0 Å². The van der Waals surface area contributed by atoms with Crippen LogP contribution in [-0.4, -0.2) is 48.8 Å². The molecule has 0 rings (SSSR count). The van der Waals surface area contributed by atoms with E-state index in [0.717, 1.165) is 25.9 Å². The molecule has 2 nitrogen and oxygen atoms in total. The van der Waals surface area contributed by atoms with Crippen molar-refractivity contribution in [2.45, 2.75) is 12.8 Å². The molecule has 0 aliphatic rings. The Kier molecular flexibility index (Phi) is 8.57. The molecule has 1 N–H and O–H groups in total. The number of rotatable bonds is 7. The summed E-state index contributed by atoms with van der Waals surface area (Å²) < 4.78 is 0. The van der Waals surface area contributed by atoms with Gasteiger partial charge >= 0.3 is 0 Å². The number of thioether (sulfide) groups is 1. The zero-order valence-electron chi connectivity index (χ0n) is 7.55. The quantitative estimate of drug-likeness (QED) is 0.588. The van der Waals surface area contributed by atoms with Crippen LogP contribution in [0.2, 0.25) is 0 Å². The van der Waals surface area contributed by atoms with Crippen LogP contribution >= 0.6 is 11.8 Å². The van der Waals surface area contributed by atoms with Gasteiger partial charge in [-0.1, -0.05) is 0 Å². The molecule has 0 saturated heterocycles. The molecule has 0 fully saturated rings. The van der Waals surface area contributed by atoms with E-state index in [1.54, 1.807) is 0 Å². The minimum absolute atomic E-state index is 0.330. The highest BCUT2D eigenvalue weighted by atomic mass is 32.2. The zero-order valence-corrected chi connectivity index (χ0v) is 8.36. The van der Waals surface area contributed by atoms with Gasteiger partial charge in [-0.15, -0.1) is 0 Å². The van der Waals surface area contributed by atoms with E-state index in [1.165, 1.54) is 5.75 Å². The predicted molar refractivity (Wildman–Crippen MR) is 52.2 cm³/mol. The molecule has 0 aromatic rings. The third kappa shape index (κ3) is 8.17. The second-order valence-electron chi connectivity index (χ2n) is 2.73. The van der Waals surface area contributed by atoms with E-state index in [2.05, 4.69) is 18.2 Å². The lowest BCUT2D eigenvalue weighted by Gasteiger charge is -2.14. The van der Waals surface area contributed by atoms with Gasteiger partial charge in [-0.25, -0.2) is 0 Å². The van der Waals surface area contributed by atoms with E-state index in [-0.39, 0.29) is 0 Å². The van der Waals surface area contributed by atoms with Gasteiger partial charge in [0.15, 0.2) is 0 Å². The highest BCUT2D eigenvalue weighted by Crippen LogP contribution is 1.95. The van der Waals surface area contributed by atoms with E-state index in [9.17, 15) is 0 Å². The van der Waals surface area contributed by atoms with Gasteiger partial charge in [0.25, 0.3) is 0 Å². The molecule has 0 saturated carbocycles. The van der Waals surface area contributed by atoms with E-state index in [4.69, 9.17) is 5.11 Å². The second kappa shape index (κ2) is 8.37. The van der Waals surface area contributed by atoms with Gasteiger partial charge in [-0.05, 0) is 32.7 Å². The Morgan fingerprint density at radius 2 is 2.00 bits per heavy atom. The Morgan fingerprint density at radius 3 is 2.55 bits per heavy atom. The fourth-order valence-corrected chi connectivity index (χ4v) is 1.35. The Hall–Kier alpha value is 0.270. The number of nitrogens with zero attached hydrogens (tertiary/aromatic N) is 1. The summed E-state index contributed by atoms with van der Waals surface area (Å²) in [5.74, 6) is 1.20. The lowest BCUT2D eigenvalue weighted by molar-refractivity contribution is 0.267. The van der Waals surface area contributed by atoms with E-state index >= 15 is 0 Å². The van der Waals surface area contributed by atoms with Gasteiger partial charge in [0.1, 0.15) is 0 Å². The van der Waals surface area contributed by atoms with Crippen LogP contribution in [0.4, 0.5) is 0 Å². The molecule has 0 amide bonds. The van der Waals surface area contributed by atoms with Crippen molar-refractivity contribution in [1.82, 2.24) is 4.90 Å². The van der Waals surface area contributed by atoms with Gasteiger partial charge in [0.2, 0.25) is 0 Å². The van der Waals surface area contributed by atoms with Crippen LogP contribution in [0.15, 0.2) is 0 Å². The van der Waals surface area contributed by atoms with Gasteiger partial charge in [0, 0.05) is 18.9 Å². The first-order valence-electron chi connectivity index (χ1n) is 4.09. The number of hydrogen-bond donors (Lipinski definition) is 1. The van der Waals surface area contributed by atoms with Crippen molar-refractivity contribution in [2.24, 2.45) is 0 Å². The third-order valence-electron chi connectivity index (χ3n) is 1.63. The number of aliphatic hydroxyl groups is 1. The molecule has 68 valence electrons. The van der Waals surface area contributed by atoms with Crippen LogP contribution < -0.4 is 0 Å². The Labute approximate surface area is 74.0 Å². The summed E-state index contributed by atoms with van der Waals surface area (Å²) in [6.45, 7) is 2.60. The maximum absolute atomic E-state index is 8.53. The summed E-state index contributed by atoms with van der Waals surface area (Å²) >= 11 is 1.88. The van der Waals surface area contributed by atoms with Crippen molar-refractivity contribution in [2.75, 3.05) is 38.8 Å². The normalized spacial score (nSPS) is 10.9. The molecule has 0 bridgehead atoms. The molecule has 11 heavy (non-hydrogen) atoms. The fraction of sp³-hybridized carbons (Fsp3) is 1.00. The zero-order chi connectivity index (χ0) is 8.53. The first kappa shape index (κ1) is 11.3. The van der Waals surface area contributed by atoms with Gasteiger partial charge in [-0.2, -0.15) is 11.8 Å². The van der Waals surface area contributed by atoms with Crippen molar-refractivity contribution in [1.29, 1.82) is 0 Å². The van der Waals surface area contributed by atoms with Gasteiger partial charge < -0.3 is 10.0 Å². The molecule has 0 aromatic heterocycles. The summed E-state index contributed by atoms with van der Waals surface area (Å²) in [7, 11) is 2.13. The maximum Gasteiger partial charge on any atom is 0.0431 e. The lowest BCUT2D eigenvalue weighted by Crippen LogP contribution is -2.22. The highest BCUT2D eigenvalue weighted by Gasteiger charge is 1.95. The summed E-state index contributed by atoms with van der Waals surface area (Å²) in [4.78, 5) is 2.31. The number of aliphatic hydroxyl groups excluding tert-OH is 1. The molecule has 0 aliphatic carbocycles. The molecular weight excluding hydrogens is 158 g/mol. The molecule has 0 radical (unpaired) electrons. The fourth-order valence-electron chi connectivity index (χ4n) is 0.852. The van der Waals surface area contributed by atoms with E-state index < -0.39 is 0 Å². The van der Waals surface area contributed by atoms with Crippen molar-refractivity contribution >= 4 is 11.8 Å². The number of hydrogen-bond acceptors (Lipinski definition) is 3. The summed E-state index contributed by atoms with van der Waals surface area (Å²) in [6, 6.07) is 0. The Morgan fingerprint density at radius 1 is 1.27 bits per heavy atom. The molecule has 0 aliphatic heterocycles. The highest BCUT2D eigenvalue weighted by molar-refractivity contribution is 7.98. The SMILES string of the molecule is CSCCN(C)CCCCO. The minimum Gasteiger partial charge on any atom is -0.396 e. The predicted octanol–water partition coefficient (Wildman–Crippen LogP) is 1.05. The summed E-state index contributed by atoms with van der Waals surface area (Å²) in [6.07, 6.45) is 4.17. The molecule has 0 unspecified atom stereocenters. The standard InChI is InChI=1S/C8H19NOS/c1-9(6-8-11-2)5-3-4-7-10/h10H,3-8H2,1-2H3. The van der Waals surface area contributed by atoms with E-state index in [1.807, 2.05) is 11.8 Å². The average molecular weight is 177 g/mol. The summed E-state index contributed by atoms with van der Waals surface area (Å²) in [5, 5.41) is 8.53. The Bertz CT molecular complexity index is 80.5. The van der Waals surface area contributed by atoms with Crippen LogP contribution in [0.1, 0.15) is 12.8 Å². The Balaban J connectivity index is 3.02. The first-order chi connectivity index (χ1) is 5.31. The molecule has 0 heterocycles. The largest absolute Gasteiger partial charge is 0.396 e. The second-order valence-corrected chi connectivity index (χ2v) is 3.71. The first-order valence-corrected chi connectivity index (χ1v) is 5.49. The lowest BCUT2D eigenvalue weighted by atomic mass is 10.3. The number of unbranched alkanes of at least 4 members (excludes halogenated alkanes) is 1. The molecule has 3 heteroatoms. The van der Waals surface area contributed by atoms with Crippen LogP contribution in [0.3, 0.4) is 0 Å². The van der Waals surface area contributed by atoms with Crippen molar-refractivity contribution < 1.29 is 5.11 Å². The van der Waals surface area contributed by atoms with Gasteiger partial charge in [-0.3, -0.25) is 0 Å². The smallest absolute Gasteiger partial charge is 0.0431 e. The van der Waals surface area contributed by atoms with Crippen LogP contribution in [-0.2, 0) is 0 Å². The monoisotopic (exact) mass is 177 g/mol. The molecular formula is C8H19NOS. The average Bonchev–Trinajstić information content (AvgIpc) is 2.01.